The summed E-state index contributed by atoms with van der Waals surface area (Å²) in [5, 5.41) is 8.93. The fourth-order valence-electron chi connectivity index (χ4n) is 1.80. The van der Waals surface area contributed by atoms with Crippen LogP contribution in [0.2, 0.25) is 0 Å². The Kier molecular flexibility index (Phi) is 6.75. The Bertz CT molecular complexity index is 439. The first-order valence-electron chi connectivity index (χ1n) is 6.11. The van der Waals surface area contributed by atoms with Crippen molar-refractivity contribution in [3.63, 3.8) is 0 Å². The fourth-order valence-corrected chi connectivity index (χ4v) is 1.80. The molecule has 1 N–H and O–H groups in total. The Balaban J connectivity index is 2.88. The van der Waals surface area contributed by atoms with Crippen LogP contribution in [0.3, 0.4) is 0 Å². The molecule has 0 bridgehead atoms. The third kappa shape index (κ3) is 4.67. The number of aromatic nitrogens is 1. The second-order valence-corrected chi connectivity index (χ2v) is 4.09. The van der Waals surface area contributed by atoms with Gasteiger partial charge in [-0.05, 0) is 0 Å². The summed E-state index contributed by atoms with van der Waals surface area (Å²) in [6, 6.07) is 1.69. The molecule has 20 heavy (non-hydrogen) atoms. The zero-order chi connectivity index (χ0) is 15.0. The second-order valence-electron chi connectivity index (χ2n) is 4.09. The third-order valence-corrected chi connectivity index (χ3v) is 2.71. The van der Waals surface area contributed by atoms with Gasteiger partial charge < -0.3 is 19.3 Å². The summed E-state index contributed by atoms with van der Waals surface area (Å²) in [7, 11) is 4.64. The van der Waals surface area contributed by atoms with Crippen LogP contribution in [-0.2, 0) is 16.1 Å². The van der Waals surface area contributed by atoms with Crippen LogP contribution in [0, 0.1) is 0 Å². The van der Waals surface area contributed by atoms with Gasteiger partial charge in [0.1, 0.15) is 5.69 Å². The largest absolute Gasteiger partial charge is 0.493 e. The van der Waals surface area contributed by atoms with Crippen molar-refractivity contribution in [3.05, 3.63) is 18.0 Å². The van der Waals surface area contributed by atoms with E-state index in [-0.39, 0.29) is 6.54 Å². The minimum absolute atomic E-state index is 0.0919. The van der Waals surface area contributed by atoms with Crippen molar-refractivity contribution in [2.45, 2.75) is 6.54 Å². The maximum atomic E-state index is 10.9. The summed E-state index contributed by atoms with van der Waals surface area (Å²) in [6.07, 6.45) is 1.60. The third-order valence-electron chi connectivity index (χ3n) is 2.71. The van der Waals surface area contributed by atoms with Crippen LogP contribution in [0.25, 0.3) is 0 Å². The van der Waals surface area contributed by atoms with Crippen LogP contribution >= 0.6 is 0 Å². The molecule has 1 rings (SSSR count). The monoisotopic (exact) mass is 284 g/mol. The van der Waals surface area contributed by atoms with E-state index < -0.39 is 5.97 Å². The Morgan fingerprint density at radius 1 is 1.35 bits per heavy atom. The predicted molar refractivity (Wildman–Crippen MR) is 72.1 cm³/mol. The molecule has 0 aromatic carbocycles. The van der Waals surface area contributed by atoms with Gasteiger partial charge in [0.25, 0.3) is 0 Å². The van der Waals surface area contributed by atoms with Gasteiger partial charge in [-0.15, -0.1) is 0 Å². The zero-order valence-electron chi connectivity index (χ0n) is 12.0. The number of hydrogen-bond acceptors (Lipinski definition) is 6. The van der Waals surface area contributed by atoms with Gasteiger partial charge in [-0.3, -0.25) is 14.7 Å². The Labute approximate surface area is 118 Å². The molecule has 0 aliphatic rings. The first-order valence-corrected chi connectivity index (χ1v) is 6.11. The lowest BCUT2D eigenvalue weighted by Gasteiger charge is -2.21. The highest BCUT2D eigenvalue weighted by Gasteiger charge is 2.16. The number of ether oxygens (including phenoxy) is 3. The van der Waals surface area contributed by atoms with E-state index >= 15 is 0 Å². The molecule has 112 valence electrons. The van der Waals surface area contributed by atoms with E-state index in [2.05, 4.69) is 4.98 Å². The van der Waals surface area contributed by atoms with Crippen LogP contribution in [0.4, 0.5) is 0 Å². The number of rotatable bonds is 9. The predicted octanol–water partition coefficient (Wildman–Crippen LogP) is 0.632. The van der Waals surface area contributed by atoms with Gasteiger partial charge >= 0.3 is 5.97 Å². The zero-order valence-corrected chi connectivity index (χ0v) is 12.0. The van der Waals surface area contributed by atoms with Crippen molar-refractivity contribution in [2.75, 3.05) is 41.0 Å². The van der Waals surface area contributed by atoms with E-state index in [4.69, 9.17) is 19.3 Å². The van der Waals surface area contributed by atoms with E-state index in [1.165, 1.54) is 7.11 Å². The van der Waals surface area contributed by atoms with Gasteiger partial charge in [0, 0.05) is 32.5 Å². The lowest BCUT2D eigenvalue weighted by atomic mass is 10.2. The number of aliphatic carboxylic acids is 1. The van der Waals surface area contributed by atoms with Crippen LogP contribution < -0.4 is 9.47 Å². The van der Waals surface area contributed by atoms with E-state index in [0.29, 0.717) is 36.9 Å². The normalized spacial score (nSPS) is 10.6. The molecule has 7 nitrogen and oxygen atoms in total. The number of methoxy groups -OCH3 is 3. The SMILES string of the molecule is COCCN(CC(=O)O)Cc1nccc(OC)c1OC. The van der Waals surface area contributed by atoms with Crippen molar-refractivity contribution in [2.24, 2.45) is 0 Å². The average molecular weight is 284 g/mol. The van der Waals surface area contributed by atoms with Gasteiger partial charge in [0.2, 0.25) is 0 Å². The molecule has 0 saturated heterocycles. The number of nitrogens with zero attached hydrogens (tertiary/aromatic N) is 2. The smallest absolute Gasteiger partial charge is 0.317 e. The van der Waals surface area contributed by atoms with Gasteiger partial charge in [-0.1, -0.05) is 0 Å². The number of carboxylic acids is 1. The van der Waals surface area contributed by atoms with Gasteiger partial charge in [0.05, 0.1) is 27.4 Å². The van der Waals surface area contributed by atoms with Gasteiger partial charge in [-0.25, -0.2) is 0 Å². The molecule has 0 unspecified atom stereocenters. The van der Waals surface area contributed by atoms with Gasteiger partial charge in [-0.2, -0.15) is 0 Å². The van der Waals surface area contributed by atoms with Crippen molar-refractivity contribution in [1.82, 2.24) is 9.88 Å². The summed E-state index contributed by atoms with van der Waals surface area (Å²) >= 11 is 0. The lowest BCUT2D eigenvalue weighted by molar-refractivity contribution is -0.138. The highest BCUT2D eigenvalue weighted by atomic mass is 16.5. The minimum Gasteiger partial charge on any atom is -0.493 e. The molecule has 0 spiro atoms. The molecule has 0 aliphatic carbocycles. The molecule has 1 aromatic heterocycles. The standard InChI is InChI=1S/C13H20N2O5/c1-18-7-6-15(9-12(16)17)8-10-13(20-3)11(19-2)4-5-14-10/h4-5H,6-9H2,1-3H3,(H,16,17). The van der Waals surface area contributed by atoms with E-state index in [0.717, 1.165) is 0 Å². The van der Waals surface area contributed by atoms with Crippen molar-refractivity contribution in [1.29, 1.82) is 0 Å². The van der Waals surface area contributed by atoms with E-state index in [1.54, 1.807) is 31.4 Å². The quantitative estimate of drug-likeness (QED) is 0.712. The second kappa shape index (κ2) is 8.34. The van der Waals surface area contributed by atoms with E-state index in [9.17, 15) is 4.79 Å². The van der Waals surface area contributed by atoms with Gasteiger partial charge in [0.15, 0.2) is 11.5 Å². The van der Waals surface area contributed by atoms with Crippen LogP contribution in [-0.4, -0.2) is 62.0 Å². The number of carboxylic acid groups (broad SMARTS) is 1. The number of pyridine rings is 1. The summed E-state index contributed by atoms with van der Waals surface area (Å²) in [6.45, 7) is 1.19. The number of hydrogen-bond donors (Lipinski definition) is 1. The van der Waals surface area contributed by atoms with Crippen LogP contribution in [0.1, 0.15) is 5.69 Å². The van der Waals surface area contributed by atoms with Crippen LogP contribution in [0.15, 0.2) is 12.3 Å². The molecule has 0 saturated carbocycles. The summed E-state index contributed by atoms with van der Waals surface area (Å²) in [5.41, 5.74) is 0.629. The first-order chi connectivity index (χ1) is 9.62. The summed E-state index contributed by atoms with van der Waals surface area (Å²) in [4.78, 5) is 16.8. The van der Waals surface area contributed by atoms with Crippen molar-refractivity contribution < 1.29 is 24.1 Å². The number of carbonyl (C=O) groups is 1. The van der Waals surface area contributed by atoms with Crippen molar-refractivity contribution >= 4 is 5.97 Å². The topological polar surface area (TPSA) is 81.1 Å². The molecule has 1 heterocycles. The Morgan fingerprint density at radius 3 is 2.65 bits per heavy atom. The molecule has 0 radical (unpaired) electrons. The van der Waals surface area contributed by atoms with Crippen molar-refractivity contribution in [3.8, 4) is 11.5 Å². The first kappa shape index (κ1) is 16.2. The average Bonchev–Trinajstić information content (AvgIpc) is 2.43. The highest BCUT2D eigenvalue weighted by molar-refractivity contribution is 5.69. The molecule has 1 aromatic rings. The maximum Gasteiger partial charge on any atom is 0.317 e. The Hall–Kier alpha value is -1.86. The molecule has 0 amide bonds. The highest BCUT2D eigenvalue weighted by Crippen LogP contribution is 2.29. The maximum absolute atomic E-state index is 10.9. The molecule has 0 atom stereocenters. The molecule has 0 aliphatic heterocycles. The summed E-state index contributed by atoms with van der Waals surface area (Å²) in [5.74, 6) is 0.185. The Morgan fingerprint density at radius 2 is 2.10 bits per heavy atom. The molecule has 7 heteroatoms. The molecular weight excluding hydrogens is 264 g/mol. The summed E-state index contributed by atoms with van der Waals surface area (Å²) < 4.78 is 15.5. The molecule has 0 fully saturated rings. The minimum atomic E-state index is -0.900. The lowest BCUT2D eigenvalue weighted by Crippen LogP contribution is -2.32. The fraction of sp³-hybridized carbons (Fsp3) is 0.538. The molecular formula is C13H20N2O5. The van der Waals surface area contributed by atoms with E-state index in [1.807, 2.05) is 0 Å². The van der Waals surface area contributed by atoms with Crippen LogP contribution in [0.5, 0.6) is 11.5 Å².